The fourth-order valence-corrected chi connectivity index (χ4v) is 8.31. The van der Waals surface area contributed by atoms with Crippen molar-refractivity contribution in [1.82, 2.24) is 0 Å². The third kappa shape index (κ3) is 2.60. The Bertz CT molecular complexity index is 380. The first-order chi connectivity index (χ1) is 7.69. The summed E-state index contributed by atoms with van der Waals surface area (Å²) >= 11 is 0. The predicted molar refractivity (Wildman–Crippen MR) is 80.5 cm³/mol. The second-order valence-electron chi connectivity index (χ2n) is 7.52. The summed E-state index contributed by atoms with van der Waals surface area (Å²) in [5, 5.41) is 1.66. The van der Waals surface area contributed by atoms with Crippen LogP contribution in [0.25, 0.3) is 0 Å². The van der Waals surface area contributed by atoms with Gasteiger partial charge in [-0.3, -0.25) is 0 Å². The van der Waals surface area contributed by atoms with Crippen LogP contribution in [-0.2, 0) is 4.74 Å². The SMILES string of the molecule is C[Si](C)(C)C1=CC2=C(CCC2)OC1[Si](C)(C)C. The van der Waals surface area contributed by atoms with Gasteiger partial charge in [0, 0.05) is 6.42 Å². The van der Waals surface area contributed by atoms with E-state index in [1.165, 1.54) is 30.6 Å². The van der Waals surface area contributed by atoms with E-state index in [0.717, 1.165) is 0 Å². The molecular formula is C14H26OSi2. The van der Waals surface area contributed by atoms with Crippen LogP contribution in [0.3, 0.4) is 0 Å². The summed E-state index contributed by atoms with van der Waals surface area (Å²) in [7, 11) is -2.53. The monoisotopic (exact) mass is 266 g/mol. The first-order valence-electron chi connectivity index (χ1n) is 6.80. The Hall–Kier alpha value is -0.286. The van der Waals surface area contributed by atoms with E-state index in [-0.39, 0.29) is 0 Å². The molecule has 2 aliphatic rings. The zero-order valence-corrected chi connectivity index (χ0v) is 14.2. The lowest BCUT2D eigenvalue weighted by Gasteiger charge is -2.40. The summed E-state index contributed by atoms with van der Waals surface area (Å²) in [6, 6.07) is 0. The molecule has 2 rings (SSSR count). The van der Waals surface area contributed by atoms with E-state index in [2.05, 4.69) is 45.4 Å². The van der Waals surface area contributed by atoms with E-state index in [4.69, 9.17) is 4.74 Å². The quantitative estimate of drug-likeness (QED) is 0.669. The molecule has 0 saturated carbocycles. The molecule has 1 aliphatic heterocycles. The minimum atomic E-state index is -1.28. The zero-order valence-electron chi connectivity index (χ0n) is 12.2. The number of ether oxygens (including phenoxy) is 1. The average Bonchev–Trinajstić information content (AvgIpc) is 2.59. The van der Waals surface area contributed by atoms with Gasteiger partial charge < -0.3 is 4.74 Å². The Labute approximate surface area is 108 Å². The van der Waals surface area contributed by atoms with E-state index in [9.17, 15) is 0 Å². The van der Waals surface area contributed by atoms with Crippen LogP contribution in [-0.4, -0.2) is 21.9 Å². The molecule has 1 atom stereocenters. The van der Waals surface area contributed by atoms with Crippen LogP contribution in [0.5, 0.6) is 0 Å². The normalized spacial score (nSPS) is 25.5. The molecule has 0 bridgehead atoms. The Morgan fingerprint density at radius 3 is 2.24 bits per heavy atom. The first-order valence-corrected chi connectivity index (χ1v) is 13.9. The number of allylic oxidation sites excluding steroid dienone is 3. The van der Waals surface area contributed by atoms with Crippen LogP contribution in [0, 0.1) is 0 Å². The lowest BCUT2D eigenvalue weighted by Crippen LogP contribution is -2.48. The van der Waals surface area contributed by atoms with E-state index in [0.29, 0.717) is 5.73 Å². The van der Waals surface area contributed by atoms with Crippen molar-refractivity contribution in [3.8, 4) is 0 Å². The highest BCUT2D eigenvalue weighted by Gasteiger charge is 2.41. The van der Waals surface area contributed by atoms with Crippen molar-refractivity contribution < 1.29 is 4.74 Å². The van der Waals surface area contributed by atoms with Crippen LogP contribution in [0.2, 0.25) is 39.3 Å². The standard InChI is InChI=1S/C14H26OSi2/c1-16(2,3)13-10-11-8-7-9-12(11)15-14(13)17(4,5)6/h10,14H,7-9H2,1-6H3. The fourth-order valence-electron chi connectivity index (χ4n) is 2.75. The van der Waals surface area contributed by atoms with Gasteiger partial charge in [0.25, 0.3) is 0 Å². The Morgan fingerprint density at radius 1 is 1.06 bits per heavy atom. The maximum absolute atomic E-state index is 6.42. The molecule has 0 aromatic heterocycles. The zero-order chi connectivity index (χ0) is 12.8. The highest BCUT2D eigenvalue weighted by atomic mass is 28.3. The predicted octanol–water partition coefficient (Wildman–Crippen LogP) is 4.50. The average molecular weight is 267 g/mol. The lowest BCUT2D eigenvalue weighted by atomic mass is 10.2. The molecular weight excluding hydrogens is 240 g/mol. The van der Waals surface area contributed by atoms with E-state index < -0.39 is 16.1 Å². The minimum Gasteiger partial charge on any atom is -0.494 e. The minimum absolute atomic E-state index is 0.436. The lowest BCUT2D eigenvalue weighted by molar-refractivity contribution is 0.191. The van der Waals surface area contributed by atoms with Gasteiger partial charge in [-0.25, -0.2) is 0 Å². The molecule has 17 heavy (non-hydrogen) atoms. The van der Waals surface area contributed by atoms with Crippen LogP contribution in [0.4, 0.5) is 0 Å². The summed E-state index contributed by atoms with van der Waals surface area (Å²) in [6.45, 7) is 14.7. The van der Waals surface area contributed by atoms with Crippen LogP contribution < -0.4 is 0 Å². The van der Waals surface area contributed by atoms with E-state index in [1.807, 2.05) is 0 Å². The molecule has 0 N–H and O–H groups in total. The summed E-state index contributed by atoms with van der Waals surface area (Å²) in [6.07, 6.45) is 6.23. The number of hydrogen-bond donors (Lipinski definition) is 0. The second-order valence-corrected chi connectivity index (χ2v) is 17.8. The maximum atomic E-state index is 6.42. The van der Waals surface area contributed by atoms with E-state index in [1.54, 1.807) is 5.20 Å². The van der Waals surface area contributed by atoms with Crippen molar-refractivity contribution in [2.24, 2.45) is 0 Å². The summed E-state index contributed by atoms with van der Waals surface area (Å²) in [5.41, 5.74) is 1.95. The molecule has 0 aromatic rings. The third-order valence-electron chi connectivity index (χ3n) is 3.73. The molecule has 0 aromatic carbocycles. The Kier molecular flexibility index (Phi) is 3.19. The van der Waals surface area contributed by atoms with Gasteiger partial charge in [-0.15, -0.1) is 0 Å². The van der Waals surface area contributed by atoms with Crippen molar-refractivity contribution in [1.29, 1.82) is 0 Å². The van der Waals surface area contributed by atoms with Crippen LogP contribution in [0.15, 0.2) is 22.6 Å². The Balaban J connectivity index is 2.40. The molecule has 1 aliphatic carbocycles. The van der Waals surface area contributed by atoms with Gasteiger partial charge in [-0.1, -0.05) is 45.4 Å². The van der Waals surface area contributed by atoms with Gasteiger partial charge in [0.1, 0.15) is 5.73 Å². The molecule has 1 unspecified atom stereocenters. The van der Waals surface area contributed by atoms with Crippen molar-refractivity contribution in [2.75, 3.05) is 0 Å². The topological polar surface area (TPSA) is 9.23 Å². The van der Waals surface area contributed by atoms with Gasteiger partial charge in [-0.2, -0.15) is 0 Å². The molecule has 0 radical (unpaired) electrons. The Morgan fingerprint density at radius 2 is 1.71 bits per heavy atom. The molecule has 0 fully saturated rings. The van der Waals surface area contributed by atoms with Crippen molar-refractivity contribution in [2.45, 2.75) is 64.3 Å². The molecule has 0 spiro atoms. The smallest absolute Gasteiger partial charge is 0.103 e. The summed E-state index contributed by atoms with van der Waals surface area (Å²) in [4.78, 5) is 0. The molecule has 3 heteroatoms. The fraction of sp³-hybridized carbons (Fsp3) is 0.714. The van der Waals surface area contributed by atoms with Crippen molar-refractivity contribution >= 4 is 16.1 Å². The molecule has 0 saturated heterocycles. The molecule has 1 nitrogen and oxygen atoms in total. The summed E-state index contributed by atoms with van der Waals surface area (Å²) < 4.78 is 6.42. The van der Waals surface area contributed by atoms with Gasteiger partial charge in [0.05, 0.1) is 21.9 Å². The number of rotatable bonds is 2. The first kappa shape index (κ1) is 13.2. The van der Waals surface area contributed by atoms with Crippen LogP contribution in [0.1, 0.15) is 19.3 Å². The van der Waals surface area contributed by atoms with E-state index >= 15 is 0 Å². The highest BCUT2D eigenvalue weighted by Crippen LogP contribution is 2.40. The summed E-state index contributed by atoms with van der Waals surface area (Å²) in [5.74, 6) is 1.32. The van der Waals surface area contributed by atoms with Crippen molar-refractivity contribution in [3.63, 3.8) is 0 Å². The molecule has 1 heterocycles. The molecule has 0 amide bonds. The highest BCUT2D eigenvalue weighted by molar-refractivity contribution is 6.88. The van der Waals surface area contributed by atoms with Crippen molar-refractivity contribution in [3.05, 3.63) is 22.6 Å². The van der Waals surface area contributed by atoms with Gasteiger partial charge in [0.15, 0.2) is 0 Å². The number of hydrogen-bond acceptors (Lipinski definition) is 1. The van der Waals surface area contributed by atoms with Gasteiger partial charge in [0.2, 0.25) is 0 Å². The van der Waals surface area contributed by atoms with Gasteiger partial charge >= 0.3 is 0 Å². The maximum Gasteiger partial charge on any atom is 0.103 e. The third-order valence-corrected chi connectivity index (χ3v) is 8.16. The van der Waals surface area contributed by atoms with Crippen LogP contribution >= 0.6 is 0 Å². The molecule has 96 valence electrons. The largest absolute Gasteiger partial charge is 0.494 e. The second kappa shape index (κ2) is 4.13. The van der Waals surface area contributed by atoms with Gasteiger partial charge in [-0.05, 0) is 23.6 Å².